The van der Waals surface area contributed by atoms with Crippen LogP contribution in [0.5, 0.6) is 0 Å². The topological polar surface area (TPSA) is 9.23 Å². The van der Waals surface area contributed by atoms with Gasteiger partial charge in [0, 0.05) is 0 Å². The SMILES string of the molecule is C=COCC.CC[C@@H](C)CCC(C)C. The molecule has 0 aliphatic rings. The molecule has 0 radical (unpaired) electrons. The van der Waals surface area contributed by atoms with E-state index in [1.807, 2.05) is 6.92 Å². The second kappa shape index (κ2) is 12.5. The molecule has 86 valence electrons. The third-order valence-electron chi connectivity index (χ3n) is 2.22. The highest BCUT2D eigenvalue weighted by Gasteiger charge is 1.99. The monoisotopic (exact) mass is 200 g/mol. The van der Waals surface area contributed by atoms with E-state index in [0.29, 0.717) is 0 Å². The summed E-state index contributed by atoms with van der Waals surface area (Å²) in [7, 11) is 0. The minimum atomic E-state index is 0.726. The molecule has 0 amide bonds. The highest BCUT2D eigenvalue weighted by atomic mass is 16.5. The Morgan fingerprint density at radius 3 is 1.93 bits per heavy atom. The van der Waals surface area contributed by atoms with Gasteiger partial charge in [0.2, 0.25) is 0 Å². The summed E-state index contributed by atoms with van der Waals surface area (Å²) < 4.78 is 4.60. The molecule has 0 saturated heterocycles. The van der Waals surface area contributed by atoms with Crippen LogP contribution in [0.1, 0.15) is 53.9 Å². The number of hydrogen-bond acceptors (Lipinski definition) is 1. The fourth-order valence-corrected chi connectivity index (χ4v) is 0.940. The van der Waals surface area contributed by atoms with E-state index in [1.54, 1.807) is 0 Å². The van der Waals surface area contributed by atoms with Gasteiger partial charge in [-0.1, -0.05) is 53.5 Å². The molecule has 0 aromatic rings. The lowest BCUT2D eigenvalue weighted by atomic mass is 9.98. The van der Waals surface area contributed by atoms with E-state index < -0.39 is 0 Å². The van der Waals surface area contributed by atoms with Gasteiger partial charge in [-0.2, -0.15) is 0 Å². The summed E-state index contributed by atoms with van der Waals surface area (Å²) in [6.07, 6.45) is 5.58. The highest BCUT2D eigenvalue weighted by Crippen LogP contribution is 2.13. The maximum absolute atomic E-state index is 4.60. The molecule has 0 heterocycles. The summed E-state index contributed by atoms with van der Waals surface area (Å²) in [5.41, 5.74) is 0. The van der Waals surface area contributed by atoms with Gasteiger partial charge in [-0.15, -0.1) is 0 Å². The summed E-state index contributed by atoms with van der Waals surface area (Å²) in [6, 6.07) is 0. The number of ether oxygens (including phenoxy) is 1. The second-order valence-corrected chi connectivity index (χ2v) is 4.11. The highest BCUT2D eigenvalue weighted by molar-refractivity contribution is 4.52. The molecule has 1 nitrogen and oxygen atoms in total. The van der Waals surface area contributed by atoms with E-state index in [1.165, 1.54) is 25.5 Å². The molecule has 0 fully saturated rings. The Balaban J connectivity index is 0. The zero-order valence-corrected chi connectivity index (χ0v) is 10.7. The van der Waals surface area contributed by atoms with Gasteiger partial charge in [0.25, 0.3) is 0 Å². The van der Waals surface area contributed by atoms with Crippen LogP contribution in [0, 0.1) is 11.8 Å². The smallest absolute Gasteiger partial charge is 0.0844 e. The quantitative estimate of drug-likeness (QED) is 0.568. The van der Waals surface area contributed by atoms with Gasteiger partial charge in [0.05, 0.1) is 12.9 Å². The summed E-state index contributed by atoms with van der Waals surface area (Å²) in [4.78, 5) is 0. The van der Waals surface area contributed by atoms with Crippen molar-refractivity contribution < 1.29 is 4.74 Å². The first kappa shape index (κ1) is 16.0. The predicted octanol–water partition coefficient (Wildman–Crippen LogP) is 4.64. The molecule has 0 aliphatic heterocycles. The minimum Gasteiger partial charge on any atom is -0.502 e. The molecule has 0 aliphatic carbocycles. The Bertz CT molecular complexity index is 108. The van der Waals surface area contributed by atoms with E-state index in [-0.39, 0.29) is 0 Å². The lowest BCUT2D eigenvalue weighted by molar-refractivity contribution is 0.270. The lowest BCUT2D eigenvalue weighted by Crippen LogP contribution is -1.95. The summed E-state index contributed by atoms with van der Waals surface area (Å²) in [6.45, 7) is 15.2. The second-order valence-electron chi connectivity index (χ2n) is 4.11. The molecule has 0 aromatic carbocycles. The van der Waals surface area contributed by atoms with Crippen LogP contribution in [0.3, 0.4) is 0 Å². The summed E-state index contributed by atoms with van der Waals surface area (Å²) >= 11 is 0. The number of hydrogen-bond donors (Lipinski definition) is 0. The first-order chi connectivity index (χ1) is 6.58. The Kier molecular flexibility index (Phi) is 14.3. The summed E-state index contributed by atoms with van der Waals surface area (Å²) in [5.74, 6) is 1.83. The Morgan fingerprint density at radius 1 is 1.14 bits per heavy atom. The molecule has 0 aromatic heterocycles. The fourth-order valence-electron chi connectivity index (χ4n) is 0.940. The Hall–Kier alpha value is -0.460. The van der Waals surface area contributed by atoms with E-state index in [2.05, 4.69) is 39.0 Å². The first-order valence-corrected chi connectivity index (χ1v) is 5.80. The predicted molar refractivity (Wildman–Crippen MR) is 65.4 cm³/mol. The van der Waals surface area contributed by atoms with Crippen molar-refractivity contribution in [1.29, 1.82) is 0 Å². The van der Waals surface area contributed by atoms with Crippen LogP contribution in [-0.4, -0.2) is 6.61 Å². The average Bonchev–Trinajstić information content (AvgIpc) is 2.16. The van der Waals surface area contributed by atoms with Gasteiger partial charge in [-0.05, 0) is 18.8 Å². The van der Waals surface area contributed by atoms with Crippen molar-refractivity contribution in [2.75, 3.05) is 6.61 Å². The summed E-state index contributed by atoms with van der Waals surface area (Å²) in [5, 5.41) is 0. The van der Waals surface area contributed by atoms with Crippen LogP contribution in [0.4, 0.5) is 0 Å². The maximum Gasteiger partial charge on any atom is 0.0844 e. The molecule has 14 heavy (non-hydrogen) atoms. The van der Waals surface area contributed by atoms with Crippen LogP contribution in [-0.2, 0) is 4.74 Å². The van der Waals surface area contributed by atoms with E-state index in [0.717, 1.165) is 18.4 Å². The lowest BCUT2D eigenvalue weighted by Gasteiger charge is -2.09. The van der Waals surface area contributed by atoms with E-state index >= 15 is 0 Å². The largest absolute Gasteiger partial charge is 0.502 e. The Labute approximate surface area is 90.5 Å². The molecular weight excluding hydrogens is 172 g/mol. The van der Waals surface area contributed by atoms with Gasteiger partial charge in [-0.25, -0.2) is 0 Å². The van der Waals surface area contributed by atoms with E-state index in [4.69, 9.17) is 0 Å². The fraction of sp³-hybridized carbons (Fsp3) is 0.846. The third kappa shape index (κ3) is 17.6. The van der Waals surface area contributed by atoms with Crippen LogP contribution in [0.2, 0.25) is 0 Å². The van der Waals surface area contributed by atoms with Crippen molar-refractivity contribution in [2.45, 2.75) is 53.9 Å². The van der Waals surface area contributed by atoms with Crippen molar-refractivity contribution in [3.05, 3.63) is 12.8 Å². The van der Waals surface area contributed by atoms with Gasteiger partial charge in [0.15, 0.2) is 0 Å². The standard InChI is InChI=1S/C9H20.C4H8O/c1-5-9(4)7-6-8(2)3;1-3-5-4-2/h8-9H,5-7H2,1-4H3;3H,1,4H2,2H3/t9-;/m1./s1. The molecule has 0 rings (SSSR count). The molecule has 1 heteroatoms. The van der Waals surface area contributed by atoms with Crippen molar-refractivity contribution >= 4 is 0 Å². The van der Waals surface area contributed by atoms with Gasteiger partial charge >= 0.3 is 0 Å². The molecule has 0 bridgehead atoms. The van der Waals surface area contributed by atoms with Crippen LogP contribution in [0.15, 0.2) is 12.8 Å². The molecule has 0 N–H and O–H groups in total. The van der Waals surface area contributed by atoms with Crippen LogP contribution >= 0.6 is 0 Å². The Morgan fingerprint density at radius 2 is 1.71 bits per heavy atom. The zero-order valence-electron chi connectivity index (χ0n) is 10.7. The maximum atomic E-state index is 4.60. The molecule has 0 saturated carbocycles. The van der Waals surface area contributed by atoms with E-state index in [9.17, 15) is 0 Å². The van der Waals surface area contributed by atoms with Crippen molar-refractivity contribution in [3.8, 4) is 0 Å². The normalized spacial score (nSPS) is 11.6. The molecular formula is C13H28O. The molecule has 1 atom stereocenters. The molecule has 0 unspecified atom stereocenters. The number of rotatable bonds is 6. The van der Waals surface area contributed by atoms with Crippen molar-refractivity contribution in [3.63, 3.8) is 0 Å². The first-order valence-electron chi connectivity index (χ1n) is 5.80. The zero-order chi connectivity index (χ0) is 11.4. The van der Waals surface area contributed by atoms with Crippen LogP contribution < -0.4 is 0 Å². The third-order valence-corrected chi connectivity index (χ3v) is 2.22. The van der Waals surface area contributed by atoms with Crippen molar-refractivity contribution in [1.82, 2.24) is 0 Å². The molecule has 0 spiro atoms. The van der Waals surface area contributed by atoms with Gasteiger partial charge < -0.3 is 4.74 Å². The average molecular weight is 200 g/mol. The van der Waals surface area contributed by atoms with Crippen molar-refractivity contribution in [2.24, 2.45) is 11.8 Å². The van der Waals surface area contributed by atoms with Gasteiger partial charge in [0.1, 0.15) is 0 Å². The minimum absolute atomic E-state index is 0.726. The van der Waals surface area contributed by atoms with Crippen LogP contribution in [0.25, 0.3) is 0 Å². The van der Waals surface area contributed by atoms with Gasteiger partial charge in [-0.3, -0.25) is 0 Å².